The van der Waals surface area contributed by atoms with Crippen LogP contribution in [0, 0.1) is 28.6 Å². The van der Waals surface area contributed by atoms with E-state index >= 15 is 0 Å². The van der Waals surface area contributed by atoms with Crippen molar-refractivity contribution in [2.45, 2.75) is 90.4 Å². The molecule has 1 saturated heterocycles. The third-order valence-electron chi connectivity index (χ3n) is 9.36. The molecule has 1 aliphatic heterocycles. The molecule has 1 spiro atoms. The van der Waals surface area contributed by atoms with Gasteiger partial charge in [0.2, 0.25) is 0 Å². The first-order chi connectivity index (χ1) is 13.0. The van der Waals surface area contributed by atoms with Gasteiger partial charge in [0.05, 0.1) is 19.3 Å². The molecule has 0 aromatic carbocycles. The Kier molecular flexibility index (Phi) is 4.53. The maximum Gasteiger partial charge on any atom is 0.172 e. The first-order valence-corrected chi connectivity index (χ1v) is 11.6. The molecule has 3 saturated carbocycles. The van der Waals surface area contributed by atoms with Gasteiger partial charge >= 0.3 is 0 Å². The summed E-state index contributed by atoms with van der Waals surface area (Å²) in [5.41, 5.74) is 2.43. The summed E-state index contributed by atoms with van der Waals surface area (Å²) >= 11 is 0. The van der Waals surface area contributed by atoms with Crippen LogP contribution >= 0.6 is 0 Å². The van der Waals surface area contributed by atoms with Gasteiger partial charge in [0.15, 0.2) is 5.79 Å². The summed E-state index contributed by atoms with van der Waals surface area (Å²) in [6.45, 7) is 9.84. The van der Waals surface area contributed by atoms with E-state index in [1.54, 1.807) is 5.57 Å². The van der Waals surface area contributed by atoms with Gasteiger partial charge in [-0.15, -0.1) is 0 Å². The molecule has 0 aromatic heterocycles. The molecule has 4 fully saturated rings. The van der Waals surface area contributed by atoms with Crippen molar-refractivity contribution < 1.29 is 14.2 Å². The number of hydrogen-bond acceptors (Lipinski definition) is 3. The third-order valence-corrected chi connectivity index (χ3v) is 9.36. The Morgan fingerprint density at radius 3 is 2.63 bits per heavy atom. The Morgan fingerprint density at radius 1 is 1.04 bits per heavy atom. The van der Waals surface area contributed by atoms with E-state index in [2.05, 4.69) is 26.8 Å². The average molecular weight is 375 g/mol. The van der Waals surface area contributed by atoms with Gasteiger partial charge in [0.25, 0.3) is 0 Å². The second kappa shape index (κ2) is 6.57. The van der Waals surface area contributed by atoms with Crippen molar-refractivity contribution >= 4 is 0 Å². The number of fused-ring (bicyclic) bond motifs is 5. The summed E-state index contributed by atoms with van der Waals surface area (Å²) in [4.78, 5) is 0. The molecule has 5 aliphatic rings. The monoisotopic (exact) mass is 374 g/mol. The Labute approximate surface area is 165 Å². The molecular formula is C24H38O3. The molecule has 1 heterocycles. The summed E-state index contributed by atoms with van der Waals surface area (Å²) in [6, 6.07) is 0. The molecule has 3 nitrogen and oxygen atoms in total. The largest absolute Gasteiger partial charge is 0.378 e. The van der Waals surface area contributed by atoms with Crippen LogP contribution in [0.5, 0.6) is 0 Å². The van der Waals surface area contributed by atoms with Crippen LogP contribution in [0.4, 0.5) is 0 Å². The fraction of sp³-hybridized carbons (Fsp3) is 0.917. The van der Waals surface area contributed by atoms with Crippen molar-refractivity contribution in [3.8, 4) is 0 Å². The fourth-order valence-corrected chi connectivity index (χ4v) is 7.83. The van der Waals surface area contributed by atoms with Crippen LogP contribution in [0.1, 0.15) is 78.6 Å². The molecular weight excluding hydrogens is 336 g/mol. The number of rotatable bonds is 3. The van der Waals surface area contributed by atoms with Gasteiger partial charge in [-0.3, -0.25) is 0 Å². The minimum absolute atomic E-state index is 0.284. The molecule has 6 atom stereocenters. The zero-order valence-electron chi connectivity index (χ0n) is 17.6. The van der Waals surface area contributed by atoms with Gasteiger partial charge in [-0.1, -0.05) is 32.4 Å². The summed E-state index contributed by atoms with van der Waals surface area (Å²) < 4.78 is 18.5. The van der Waals surface area contributed by atoms with Crippen LogP contribution in [0.15, 0.2) is 11.6 Å². The third kappa shape index (κ3) is 2.71. The Morgan fingerprint density at radius 2 is 1.85 bits per heavy atom. The first-order valence-electron chi connectivity index (χ1n) is 11.6. The highest BCUT2D eigenvalue weighted by atomic mass is 16.7. The lowest BCUT2D eigenvalue weighted by Gasteiger charge is -2.58. The average Bonchev–Trinajstić information content (AvgIpc) is 3.25. The van der Waals surface area contributed by atoms with Gasteiger partial charge in [-0.25, -0.2) is 0 Å². The Bertz CT molecular complexity index is 607. The van der Waals surface area contributed by atoms with E-state index in [4.69, 9.17) is 14.2 Å². The smallest absolute Gasteiger partial charge is 0.172 e. The summed E-state index contributed by atoms with van der Waals surface area (Å²) in [6.07, 6.45) is 14.2. The molecule has 0 amide bonds. The van der Waals surface area contributed by atoms with Crippen LogP contribution in [0.2, 0.25) is 0 Å². The highest BCUT2D eigenvalue weighted by molar-refractivity contribution is 5.26. The predicted molar refractivity (Wildman–Crippen MR) is 106 cm³/mol. The van der Waals surface area contributed by atoms with Gasteiger partial charge in [0.1, 0.15) is 0 Å². The predicted octanol–water partition coefficient (Wildman–Crippen LogP) is 5.49. The Hall–Kier alpha value is -0.380. The maximum absolute atomic E-state index is 6.35. The van der Waals surface area contributed by atoms with Crippen LogP contribution in [-0.4, -0.2) is 31.7 Å². The van der Waals surface area contributed by atoms with Crippen LogP contribution in [0.3, 0.4) is 0 Å². The molecule has 0 bridgehead atoms. The minimum atomic E-state index is -0.284. The molecule has 0 aromatic rings. The van der Waals surface area contributed by atoms with Crippen molar-refractivity contribution in [1.29, 1.82) is 0 Å². The van der Waals surface area contributed by atoms with Gasteiger partial charge in [-0.05, 0) is 73.5 Å². The Balaban J connectivity index is 1.39. The van der Waals surface area contributed by atoms with Crippen LogP contribution < -0.4 is 0 Å². The van der Waals surface area contributed by atoms with E-state index < -0.39 is 0 Å². The standard InChI is InChI=1S/C24H38O3/c1-4-13-25-21-8-7-19-18-6-5-17-16-24(26-14-15-27-24)12-11-22(17,2)20(18)9-10-23(19,21)3/h5,18-21H,4,6-16H2,1-3H3/t18-,19+,20-,21+,22+,23+/m1/s1. The van der Waals surface area contributed by atoms with E-state index in [9.17, 15) is 0 Å². The summed E-state index contributed by atoms with van der Waals surface area (Å²) in [5.74, 6) is 2.27. The fourth-order valence-electron chi connectivity index (χ4n) is 7.83. The highest BCUT2D eigenvalue weighted by Crippen LogP contribution is 2.66. The molecule has 3 heteroatoms. The number of hydrogen-bond donors (Lipinski definition) is 0. The molecule has 0 N–H and O–H groups in total. The second-order valence-corrected chi connectivity index (χ2v) is 10.5. The van der Waals surface area contributed by atoms with Gasteiger partial charge < -0.3 is 14.2 Å². The van der Waals surface area contributed by atoms with Crippen molar-refractivity contribution in [1.82, 2.24) is 0 Å². The normalized spacial score (nSPS) is 48.0. The molecule has 0 unspecified atom stereocenters. The highest BCUT2D eigenvalue weighted by Gasteiger charge is 2.60. The van der Waals surface area contributed by atoms with E-state index in [0.717, 1.165) is 56.8 Å². The van der Waals surface area contributed by atoms with E-state index in [-0.39, 0.29) is 5.79 Å². The van der Waals surface area contributed by atoms with E-state index in [1.165, 1.54) is 38.5 Å². The molecule has 5 rings (SSSR count). The van der Waals surface area contributed by atoms with Crippen molar-refractivity contribution in [3.05, 3.63) is 11.6 Å². The summed E-state index contributed by atoms with van der Waals surface area (Å²) in [7, 11) is 0. The lowest BCUT2D eigenvalue weighted by molar-refractivity contribution is -0.186. The van der Waals surface area contributed by atoms with Gasteiger partial charge in [0, 0.05) is 19.4 Å². The van der Waals surface area contributed by atoms with E-state index in [0.29, 0.717) is 16.9 Å². The SMILES string of the molecule is CCCO[C@H]1CC[C@H]2[C@H]3CC=C4CC5(CC[C@]4(C)[C@@H]3CC[C@]12C)OCCO5. The zero-order chi connectivity index (χ0) is 18.7. The second-order valence-electron chi connectivity index (χ2n) is 10.5. The van der Waals surface area contributed by atoms with E-state index in [1.807, 2.05) is 0 Å². The lowest BCUT2D eigenvalue weighted by Crippen LogP contribution is -2.53. The van der Waals surface area contributed by atoms with Crippen LogP contribution in [0.25, 0.3) is 0 Å². The topological polar surface area (TPSA) is 27.7 Å². The molecule has 4 aliphatic carbocycles. The maximum atomic E-state index is 6.35. The molecule has 152 valence electrons. The zero-order valence-corrected chi connectivity index (χ0v) is 17.6. The number of allylic oxidation sites excluding steroid dienone is 1. The first kappa shape index (κ1) is 18.6. The molecule has 27 heavy (non-hydrogen) atoms. The quantitative estimate of drug-likeness (QED) is 0.612. The van der Waals surface area contributed by atoms with Crippen molar-refractivity contribution in [2.24, 2.45) is 28.6 Å². The number of ether oxygens (including phenoxy) is 3. The van der Waals surface area contributed by atoms with Crippen molar-refractivity contribution in [3.63, 3.8) is 0 Å². The lowest BCUT2D eigenvalue weighted by atomic mass is 9.47. The summed E-state index contributed by atoms with van der Waals surface area (Å²) in [5, 5.41) is 0. The van der Waals surface area contributed by atoms with Crippen molar-refractivity contribution in [2.75, 3.05) is 19.8 Å². The van der Waals surface area contributed by atoms with Crippen LogP contribution in [-0.2, 0) is 14.2 Å². The minimum Gasteiger partial charge on any atom is -0.378 e. The van der Waals surface area contributed by atoms with Gasteiger partial charge in [-0.2, -0.15) is 0 Å². The molecule has 0 radical (unpaired) electrons.